The second kappa shape index (κ2) is 4.91. The minimum absolute atomic E-state index is 0.154. The smallest absolute Gasteiger partial charge is 0.235 e. The van der Waals surface area contributed by atoms with Crippen LogP contribution in [-0.4, -0.2) is 5.91 Å². The standard InChI is InChI=1S/C16H12F3NO/c17-12-4-2-1-3-11(12)16(7-8-16)15(21)20-10-5-6-13(18)14(19)9-10/h1-6,9H,7-8H2,(H,20,21). The van der Waals surface area contributed by atoms with Crippen LogP contribution in [-0.2, 0) is 10.2 Å². The Morgan fingerprint density at radius 1 is 0.952 bits per heavy atom. The first-order valence-corrected chi connectivity index (χ1v) is 6.54. The number of halogens is 3. The number of hydrogen-bond acceptors (Lipinski definition) is 1. The van der Waals surface area contributed by atoms with Gasteiger partial charge in [-0.05, 0) is 31.0 Å². The van der Waals surface area contributed by atoms with E-state index >= 15 is 0 Å². The van der Waals surface area contributed by atoms with E-state index in [4.69, 9.17) is 0 Å². The zero-order valence-electron chi connectivity index (χ0n) is 11.0. The maximum absolute atomic E-state index is 13.9. The average Bonchev–Trinajstić information content (AvgIpc) is 3.25. The molecule has 5 heteroatoms. The fraction of sp³-hybridized carbons (Fsp3) is 0.188. The van der Waals surface area contributed by atoms with E-state index in [1.165, 1.54) is 12.1 Å². The quantitative estimate of drug-likeness (QED) is 0.916. The van der Waals surface area contributed by atoms with Gasteiger partial charge in [0.1, 0.15) is 5.82 Å². The van der Waals surface area contributed by atoms with Gasteiger partial charge in [0.05, 0.1) is 5.41 Å². The van der Waals surface area contributed by atoms with Crippen molar-refractivity contribution in [2.45, 2.75) is 18.3 Å². The van der Waals surface area contributed by atoms with Gasteiger partial charge in [0.25, 0.3) is 0 Å². The van der Waals surface area contributed by atoms with Crippen molar-refractivity contribution in [1.82, 2.24) is 0 Å². The SMILES string of the molecule is O=C(Nc1ccc(F)c(F)c1)C1(c2ccccc2F)CC1. The fourth-order valence-corrected chi connectivity index (χ4v) is 2.42. The molecule has 0 bridgehead atoms. The lowest BCUT2D eigenvalue weighted by Gasteiger charge is -2.16. The third-order valence-electron chi connectivity index (χ3n) is 3.75. The van der Waals surface area contributed by atoms with Crippen LogP contribution < -0.4 is 5.32 Å². The minimum Gasteiger partial charge on any atom is -0.325 e. The number of hydrogen-bond donors (Lipinski definition) is 1. The van der Waals surface area contributed by atoms with Crippen molar-refractivity contribution in [3.63, 3.8) is 0 Å². The van der Waals surface area contributed by atoms with E-state index < -0.39 is 28.8 Å². The van der Waals surface area contributed by atoms with Gasteiger partial charge in [0, 0.05) is 17.3 Å². The van der Waals surface area contributed by atoms with Gasteiger partial charge in [0.15, 0.2) is 11.6 Å². The molecule has 0 heterocycles. The summed E-state index contributed by atoms with van der Waals surface area (Å²) in [5.74, 6) is -2.86. The average molecular weight is 291 g/mol. The molecule has 1 saturated carbocycles. The molecular weight excluding hydrogens is 279 g/mol. The molecule has 2 aromatic carbocycles. The van der Waals surface area contributed by atoms with Crippen LogP contribution in [0.2, 0.25) is 0 Å². The summed E-state index contributed by atoms with van der Waals surface area (Å²) in [6.45, 7) is 0. The highest BCUT2D eigenvalue weighted by Gasteiger charge is 2.52. The Kier molecular flexibility index (Phi) is 3.20. The van der Waals surface area contributed by atoms with Gasteiger partial charge < -0.3 is 5.32 Å². The van der Waals surface area contributed by atoms with E-state index in [-0.39, 0.29) is 5.69 Å². The van der Waals surface area contributed by atoms with E-state index in [1.54, 1.807) is 18.2 Å². The first kappa shape index (κ1) is 13.7. The number of nitrogens with one attached hydrogen (secondary N) is 1. The Morgan fingerprint density at radius 3 is 2.29 bits per heavy atom. The number of carbonyl (C=O) groups excluding carboxylic acids is 1. The number of anilines is 1. The zero-order valence-corrected chi connectivity index (χ0v) is 11.0. The molecule has 1 N–H and O–H groups in total. The topological polar surface area (TPSA) is 29.1 Å². The van der Waals surface area contributed by atoms with Crippen LogP contribution in [0.1, 0.15) is 18.4 Å². The van der Waals surface area contributed by atoms with E-state index in [2.05, 4.69) is 5.32 Å². The summed E-state index contributed by atoms with van der Waals surface area (Å²) in [5.41, 5.74) is -0.414. The van der Waals surface area contributed by atoms with Crippen molar-refractivity contribution < 1.29 is 18.0 Å². The summed E-state index contributed by atoms with van der Waals surface area (Å²) in [4.78, 5) is 12.4. The second-order valence-corrected chi connectivity index (χ2v) is 5.14. The lowest BCUT2D eigenvalue weighted by atomic mass is 9.94. The van der Waals surface area contributed by atoms with Crippen molar-refractivity contribution >= 4 is 11.6 Å². The summed E-state index contributed by atoms with van der Waals surface area (Å²) in [6, 6.07) is 9.23. The highest BCUT2D eigenvalue weighted by Crippen LogP contribution is 2.49. The summed E-state index contributed by atoms with van der Waals surface area (Å²) in [5, 5.41) is 2.53. The van der Waals surface area contributed by atoms with Gasteiger partial charge in [-0.1, -0.05) is 18.2 Å². The molecule has 3 rings (SSSR count). The molecule has 0 saturated heterocycles. The Balaban J connectivity index is 1.85. The van der Waals surface area contributed by atoms with Crippen molar-refractivity contribution in [2.24, 2.45) is 0 Å². The Morgan fingerprint density at radius 2 is 1.67 bits per heavy atom. The number of carbonyl (C=O) groups is 1. The molecule has 1 fully saturated rings. The van der Waals surface area contributed by atoms with Crippen LogP contribution in [0.15, 0.2) is 42.5 Å². The van der Waals surface area contributed by atoms with Crippen LogP contribution in [0.5, 0.6) is 0 Å². The van der Waals surface area contributed by atoms with Crippen LogP contribution in [0, 0.1) is 17.5 Å². The predicted molar refractivity (Wildman–Crippen MR) is 72.3 cm³/mol. The minimum atomic E-state index is -1.04. The third kappa shape index (κ3) is 2.39. The largest absolute Gasteiger partial charge is 0.325 e. The number of benzene rings is 2. The molecule has 0 aliphatic heterocycles. The van der Waals surface area contributed by atoms with E-state index in [1.807, 2.05) is 0 Å². The predicted octanol–water partition coefficient (Wildman–Crippen LogP) is 3.77. The van der Waals surface area contributed by atoms with Crippen molar-refractivity contribution in [3.8, 4) is 0 Å². The lowest BCUT2D eigenvalue weighted by molar-refractivity contribution is -0.118. The fourth-order valence-electron chi connectivity index (χ4n) is 2.42. The number of amides is 1. The van der Waals surface area contributed by atoms with Gasteiger partial charge in [0.2, 0.25) is 5.91 Å². The van der Waals surface area contributed by atoms with E-state index in [0.29, 0.717) is 18.4 Å². The van der Waals surface area contributed by atoms with E-state index in [9.17, 15) is 18.0 Å². The molecular formula is C16H12F3NO. The normalized spacial score (nSPS) is 15.6. The zero-order chi connectivity index (χ0) is 15.0. The molecule has 1 aliphatic carbocycles. The van der Waals surface area contributed by atoms with Crippen LogP contribution in [0.3, 0.4) is 0 Å². The van der Waals surface area contributed by atoms with Gasteiger partial charge in [-0.3, -0.25) is 4.79 Å². The second-order valence-electron chi connectivity index (χ2n) is 5.14. The Bertz CT molecular complexity index is 710. The van der Waals surface area contributed by atoms with E-state index in [0.717, 1.165) is 12.1 Å². The van der Waals surface area contributed by atoms with Crippen LogP contribution in [0.25, 0.3) is 0 Å². The van der Waals surface area contributed by atoms with Gasteiger partial charge in [-0.15, -0.1) is 0 Å². The molecule has 0 unspecified atom stereocenters. The van der Waals surface area contributed by atoms with Crippen molar-refractivity contribution in [2.75, 3.05) is 5.32 Å². The first-order chi connectivity index (χ1) is 10.0. The summed E-state index contributed by atoms with van der Waals surface area (Å²) in [6.07, 6.45) is 1.06. The third-order valence-corrected chi connectivity index (χ3v) is 3.75. The maximum atomic E-state index is 13.9. The molecule has 2 aromatic rings. The molecule has 0 atom stereocenters. The summed E-state index contributed by atoms with van der Waals surface area (Å²) >= 11 is 0. The van der Waals surface area contributed by atoms with Gasteiger partial charge in [-0.25, -0.2) is 13.2 Å². The van der Waals surface area contributed by atoms with Gasteiger partial charge in [-0.2, -0.15) is 0 Å². The molecule has 2 nitrogen and oxygen atoms in total. The highest BCUT2D eigenvalue weighted by atomic mass is 19.2. The molecule has 0 radical (unpaired) electrons. The summed E-state index contributed by atoms with van der Waals surface area (Å²) < 4.78 is 39.9. The Labute approximate surface area is 119 Å². The first-order valence-electron chi connectivity index (χ1n) is 6.54. The molecule has 0 aromatic heterocycles. The summed E-state index contributed by atoms with van der Waals surface area (Å²) in [7, 11) is 0. The molecule has 1 aliphatic rings. The lowest BCUT2D eigenvalue weighted by Crippen LogP contribution is -2.28. The van der Waals surface area contributed by atoms with Crippen LogP contribution >= 0.6 is 0 Å². The van der Waals surface area contributed by atoms with Gasteiger partial charge >= 0.3 is 0 Å². The Hall–Kier alpha value is -2.30. The monoisotopic (exact) mass is 291 g/mol. The molecule has 108 valence electrons. The molecule has 21 heavy (non-hydrogen) atoms. The van der Waals surface area contributed by atoms with Crippen molar-refractivity contribution in [1.29, 1.82) is 0 Å². The molecule has 0 spiro atoms. The van der Waals surface area contributed by atoms with Crippen molar-refractivity contribution in [3.05, 3.63) is 65.5 Å². The number of rotatable bonds is 3. The maximum Gasteiger partial charge on any atom is 0.235 e. The molecule has 1 amide bonds. The highest BCUT2D eigenvalue weighted by molar-refractivity contribution is 6.01. The van der Waals surface area contributed by atoms with Crippen LogP contribution in [0.4, 0.5) is 18.9 Å².